The van der Waals surface area contributed by atoms with Crippen LogP contribution in [0, 0.1) is 6.92 Å². The Morgan fingerprint density at radius 1 is 1.18 bits per heavy atom. The van der Waals surface area contributed by atoms with Gasteiger partial charge < -0.3 is 19.5 Å². The highest BCUT2D eigenvalue weighted by Gasteiger charge is 2.20. The Kier molecular flexibility index (Phi) is 8.42. The molecule has 28 heavy (non-hydrogen) atoms. The summed E-state index contributed by atoms with van der Waals surface area (Å²) < 4.78 is 7.10. The molecule has 0 saturated heterocycles. The molecular formula is C22H31N3O3. The molecule has 1 N–H and O–H groups in total. The maximum absolute atomic E-state index is 12.8. The van der Waals surface area contributed by atoms with Crippen LogP contribution in [0.1, 0.15) is 27.3 Å². The van der Waals surface area contributed by atoms with Gasteiger partial charge in [-0.15, -0.1) is 0 Å². The molecule has 152 valence electrons. The highest BCUT2D eigenvalue weighted by molar-refractivity contribution is 5.95. The first kappa shape index (κ1) is 21.9. The molecule has 6 nitrogen and oxygen atoms in total. The first-order chi connectivity index (χ1) is 13.4. The average Bonchev–Trinajstić information content (AvgIpc) is 2.66. The number of pyridine rings is 1. The summed E-state index contributed by atoms with van der Waals surface area (Å²) in [6.07, 6.45) is 1.39. The van der Waals surface area contributed by atoms with Crippen LogP contribution in [0.5, 0.6) is 0 Å². The lowest BCUT2D eigenvalue weighted by molar-refractivity contribution is 0.0934. The normalized spacial score (nSPS) is 11.0. The van der Waals surface area contributed by atoms with E-state index in [9.17, 15) is 9.59 Å². The van der Waals surface area contributed by atoms with E-state index in [2.05, 4.69) is 26.9 Å². The topological polar surface area (TPSA) is 63.6 Å². The van der Waals surface area contributed by atoms with Crippen molar-refractivity contribution in [2.75, 3.05) is 40.9 Å². The monoisotopic (exact) mass is 385 g/mol. The summed E-state index contributed by atoms with van der Waals surface area (Å²) in [4.78, 5) is 27.6. The number of amides is 1. The van der Waals surface area contributed by atoms with Gasteiger partial charge in [0, 0.05) is 44.2 Å². The van der Waals surface area contributed by atoms with Crippen LogP contribution < -0.4 is 10.7 Å². The number of nitrogens with one attached hydrogen (secondary N) is 1. The first-order valence-electron chi connectivity index (χ1n) is 9.63. The zero-order chi connectivity index (χ0) is 20.5. The number of carbonyl (C=O) groups excluding carboxylic acids is 1. The lowest BCUT2D eigenvalue weighted by atomic mass is 10.0. The summed E-state index contributed by atoms with van der Waals surface area (Å²) in [5.74, 6) is -0.330. The number of aryl methyl sites for hydroxylation is 2. The molecule has 2 aromatic rings. The number of rotatable bonds is 10. The number of likely N-dealkylation sites (N-methyl/N-ethyl adjacent to an activating group) is 1. The van der Waals surface area contributed by atoms with Crippen LogP contribution in [0.3, 0.4) is 0 Å². The van der Waals surface area contributed by atoms with Crippen molar-refractivity contribution in [3.63, 3.8) is 0 Å². The van der Waals surface area contributed by atoms with Gasteiger partial charge in [0.25, 0.3) is 5.91 Å². The molecule has 0 aliphatic heterocycles. The minimum Gasteiger partial charge on any atom is -0.383 e. The maximum Gasteiger partial charge on any atom is 0.257 e. The number of hydrogen-bond acceptors (Lipinski definition) is 4. The Morgan fingerprint density at radius 3 is 2.54 bits per heavy atom. The summed E-state index contributed by atoms with van der Waals surface area (Å²) >= 11 is 0. The highest BCUT2D eigenvalue weighted by atomic mass is 16.5. The Bertz CT molecular complexity index is 829. The Labute approximate surface area is 167 Å². The number of nitrogens with zero attached hydrogens (tertiary/aromatic N) is 2. The standard InChI is InChI=1S/C22H31N3O3/c1-17-16-20(26)21(22(27)23-12-15-28-4)19(25(17)14-13-24(2)3)11-10-18-8-6-5-7-9-18/h5-9,16H,10-15H2,1-4H3,(H,23,27). The third-order valence-electron chi connectivity index (χ3n) is 4.71. The predicted octanol–water partition coefficient (Wildman–Crippen LogP) is 1.88. The number of benzene rings is 1. The van der Waals surface area contributed by atoms with Gasteiger partial charge in [-0.05, 0) is 39.4 Å². The van der Waals surface area contributed by atoms with Gasteiger partial charge in [-0.25, -0.2) is 0 Å². The van der Waals surface area contributed by atoms with Gasteiger partial charge in [-0.3, -0.25) is 9.59 Å². The minimum atomic E-state index is -0.330. The molecule has 0 spiro atoms. The van der Waals surface area contributed by atoms with E-state index in [0.29, 0.717) is 19.6 Å². The molecule has 0 atom stereocenters. The molecule has 0 bridgehead atoms. The van der Waals surface area contributed by atoms with Crippen molar-refractivity contribution in [2.24, 2.45) is 0 Å². The third kappa shape index (κ3) is 6.04. The van der Waals surface area contributed by atoms with Crippen molar-refractivity contribution in [2.45, 2.75) is 26.3 Å². The van der Waals surface area contributed by atoms with Crippen molar-refractivity contribution < 1.29 is 9.53 Å². The molecule has 0 unspecified atom stereocenters. The molecule has 1 heterocycles. The summed E-state index contributed by atoms with van der Waals surface area (Å²) in [6, 6.07) is 11.7. The molecule has 0 aliphatic carbocycles. The fourth-order valence-electron chi connectivity index (χ4n) is 3.21. The van der Waals surface area contributed by atoms with Crippen molar-refractivity contribution >= 4 is 5.91 Å². The van der Waals surface area contributed by atoms with Crippen LogP contribution in [0.15, 0.2) is 41.2 Å². The van der Waals surface area contributed by atoms with Crippen LogP contribution in [0.2, 0.25) is 0 Å². The quantitative estimate of drug-likeness (QED) is 0.635. The van der Waals surface area contributed by atoms with Gasteiger partial charge in [0.2, 0.25) is 0 Å². The molecule has 0 aliphatic rings. The van der Waals surface area contributed by atoms with Crippen molar-refractivity contribution in [3.8, 4) is 0 Å². The minimum absolute atomic E-state index is 0.225. The zero-order valence-corrected chi connectivity index (χ0v) is 17.3. The van der Waals surface area contributed by atoms with Gasteiger partial charge in [-0.1, -0.05) is 30.3 Å². The zero-order valence-electron chi connectivity index (χ0n) is 17.3. The molecule has 1 amide bonds. The molecule has 2 rings (SSSR count). The summed E-state index contributed by atoms with van der Waals surface area (Å²) in [5, 5.41) is 2.80. The van der Waals surface area contributed by atoms with E-state index in [-0.39, 0.29) is 16.9 Å². The van der Waals surface area contributed by atoms with Gasteiger partial charge >= 0.3 is 0 Å². The van der Waals surface area contributed by atoms with Gasteiger partial charge in [0.15, 0.2) is 5.43 Å². The Morgan fingerprint density at radius 2 is 1.89 bits per heavy atom. The van der Waals surface area contributed by atoms with E-state index in [1.54, 1.807) is 13.2 Å². The van der Waals surface area contributed by atoms with E-state index in [4.69, 9.17) is 4.74 Å². The molecule has 1 aromatic heterocycles. The smallest absolute Gasteiger partial charge is 0.257 e. The van der Waals surface area contributed by atoms with Gasteiger partial charge in [-0.2, -0.15) is 0 Å². The van der Waals surface area contributed by atoms with E-state index in [1.165, 1.54) is 5.56 Å². The molecule has 0 fully saturated rings. The third-order valence-corrected chi connectivity index (χ3v) is 4.71. The van der Waals surface area contributed by atoms with Crippen molar-refractivity contribution in [1.82, 2.24) is 14.8 Å². The van der Waals surface area contributed by atoms with Gasteiger partial charge in [0.1, 0.15) is 5.56 Å². The van der Waals surface area contributed by atoms with E-state index >= 15 is 0 Å². The van der Waals surface area contributed by atoms with Crippen LogP contribution in [-0.4, -0.2) is 56.3 Å². The number of hydrogen-bond donors (Lipinski definition) is 1. The van der Waals surface area contributed by atoms with Crippen molar-refractivity contribution in [3.05, 3.63) is 69.1 Å². The van der Waals surface area contributed by atoms with E-state index in [0.717, 1.165) is 30.9 Å². The van der Waals surface area contributed by atoms with E-state index in [1.807, 2.05) is 39.2 Å². The van der Waals surface area contributed by atoms with Crippen LogP contribution in [0.25, 0.3) is 0 Å². The Hall–Kier alpha value is -2.44. The summed E-state index contributed by atoms with van der Waals surface area (Å²) in [5.41, 5.74) is 2.88. The fourth-order valence-corrected chi connectivity index (χ4v) is 3.21. The number of aromatic nitrogens is 1. The number of carbonyl (C=O) groups is 1. The van der Waals surface area contributed by atoms with Crippen LogP contribution >= 0.6 is 0 Å². The summed E-state index contributed by atoms with van der Waals surface area (Å²) in [7, 11) is 5.61. The predicted molar refractivity (Wildman–Crippen MR) is 112 cm³/mol. The van der Waals surface area contributed by atoms with Gasteiger partial charge in [0.05, 0.1) is 6.61 Å². The van der Waals surface area contributed by atoms with Crippen LogP contribution in [-0.2, 0) is 24.1 Å². The highest BCUT2D eigenvalue weighted by Crippen LogP contribution is 2.14. The second-order valence-electron chi connectivity index (χ2n) is 7.16. The number of methoxy groups -OCH3 is 1. The molecular weight excluding hydrogens is 354 g/mol. The first-order valence-corrected chi connectivity index (χ1v) is 9.63. The molecule has 6 heteroatoms. The van der Waals surface area contributed by atoms with E-state index < -0.39 is 0 Å². The number of ether oxygens (including phenoxy) is 1. The lowest BCUT2D eigenvalue weighted by Crippen LogP contribution is -2.35. The molecule has 1 aromatic carbocycles. The average molecular weight is 386 g/mol. The molecule has 0 radical (unpaired) electrons. The largest absolute Gasteiger partial charge is 0.383 e. The van der Waals surface area contributed by atoms with Crippen LogP contribution in [0.4, 0.5) is 0 Å². The molecule has 0 saturated carbocycles. The lowest BCUT2D eigenvalue weighted by Gasteiger charge is -2.22. The fraction of sp³-hybridized carbons (Fsp3) is 0.455. The second kappa shape index (κ2) is 10.8. The SMILES string of the molecule is COCCNC(=O)c1c(CCc2ccccc2)n(CCN(C)C)c(C)cc1=O. The maximum atomic E-state index is 12.8. The van der Waals surface area contributed by atoms with Crippen molar-refractivity contribution in [1.29, 1.82) is 0 Å². The second-order valence-corrected chi connectivity index (χ2v) is 7.16. The summed E-state index contributed by atoms with van der Waals surface area (Å²) in [6.45, 7) is 4.26. The Balaban J connectivity index is 2.40.